The first-order valence-corrected chi connectivity index (χ1v) is 8.06. The van der Waals surface area contributed by atoms with Gasteiger partial charge in [-0.25, -0.2) is 0 Å². The van der Waals surface area contributed by atoms with E-state index in [2.05, 4.69) is 10.2 Å². The van der Waals surface area contributed by atoms with E-state index in [4.69, 9.17) is 60.3 Å². The predicted octanol–water partition coefficient (Wildman–Crippen LogP) is 4.69. The van der Waals surface area contributed by atoms with Crippen LogP contribution in [-0.2, 0) is 3.79 Å². The normalized spacial score (nSPS) is 11.9. The van der Waals surface area contributed by atoms with E-state index in [-0.39, 0.29) is 11.8 Å². The maximum atomic E-state index is 5.66. The highest BCUT2D eigenvalue weighted by Gasteiger charge is 2.29. The summed E-state index contributed by atoms with van der Waals surface area (Å²) in [6.45, 7) is 0.398. The van der Waals surface area contributed by atoms with Crippen molar-refractivity contribution >= 4 is 58.6 Å². The van der Waals surface area contributed by atoms with E-state index in [0.717, 1.165) is 5.56 Å². The van der Waals surface area contributed by atoms with Crippen molar-refractivity contribution < 1.29 is 13.9 Å². The molecule has 23 heavy (non-hydrogen) atoms. The van der Waals surface area contributed by atoms with E-state index in [9.17, 15) is 0 Å². The number of benzene rings is 1. The van der Waals surface area contributed by atoms with Crippen LogP contribution in [0.1, 0.15) is 17.3 Å². The van der Waals surface area contributed by atoms with Gasteiger partial charge in [-0.3, -0.25) is 0 Å². The highest BCUT2D eigenvalue weighted by atomic mass is 35.6. The molecule has 0 saturated carbocycles. The first kappa shape index (κ1) is 18.2. The molecule has 0 fully saturated rings. The molecule has 1 aromatic heterocycles. The number of alkyl halides is 4. The minimum Gasteiger partial charge on any atom is -0.493 e. The van der Waals surface area contributed by atoms with Crippen LogP contribution >= 0.6 is 46.4 Å². The summed E-state index contributed by atoms with van der Waals surface area (Å²) in [5.74, 6) is 1.72. The number of nitrogens with zero attached hydrogens (tertiary/aromatic N) is 2. The Morgan fingerprint density at radius 3 is 2.57 bits per heavy atom. The molecular formula is C14H12Cl4N2O3. The van der Waals surface area contributed by atoms with Gasteiger partial charge >= 0.3 is 0 Å². The zero-order chi connectivity index (χ0) is 16.9. The van der Waals surface area contributed by atoms with Crippen molar-refractivity contribution in [3.05, 3.63) is 35.5 Å². The number of hydrogen-bond donors (Lipinski definition) is 0. The predicted molar refractivity (Wildman–Crippen MR) is 91.7 cm³/mol. The fourth-order valence-corrected chi connectivity index (χ4v) is 1.95. The van der Waals surface area contributed by atoms with E-state index in [1.165, 1.54) is 0 Å². The van der Waals surface area contributed by atoms with E-state index in [1.54, 1.807) is 31.4 Å². The lowest BCUT2D eigenvalue weighted by Gasteiger charge is -2.10. The molecule has 0 aliphatic rings. The smallest absolute Gasteiger partial charge is 0.268 e. The van der Waals surface area contributed by atoms with Crippen molar-refractivity contribution in [1.29, 1.82) is 0 Å². The molecule has 2 rings (SSSR count). The lowest BCUT2D eigenvalue weighted by atomic mass is 10.2. The molecular weight excluding hydrogens is 386 g/mol. The topological polar surface area (TPSA) is 57.4 Å². The quantitative estimate of drug-likeness (QED) is 0.661. The SMILES string of the molecule is COc1cc(C=Cc2nnc(C(Cl)(Cl)Cl)o2)ccc1OCCCl. The minimum absolute atomic E-state index is 0.0930. The molecule has 0 saturated heterocycles. The number of hydrogen-bond acceptors (Lipinski definition) is 5. The second-order valence-electron chi connectivity index (χ2n) is 4.22. The van der Waals surface area contributed by atoms with Crippen LogP contribution in [0.5, 0.6) is 11.5 Å². The Morgan fingerprint density at radius 2 is 1.96 bits per heavy atom. The lowest BCUT2D eigenvalue weighted by molar-refractivity contribution is 0.312. The van der Waals surface area contributed by atoms with Crippen molar-refractivity contribution in [3.8, 4) is 11.5 Å². The maximum absolute atomic E-state index is 5.66. The molecule has 0 spiro atoms. The van der Waals surface area contributed by atoms with Gasteiger partial charge < -0.3 is 13.9 Å². The summed E-state index contributed by atoms with van der Waals surface area (Å²) >= 11 is 22.6. The lowest BCUT2D eigenvalue weighted by Crippen LogP contribution is -2.00. The van der Waals surface area contributed by atoms with E-state index in [0.29, 0.717) is 24.0 Å². The third-order valence-corrected chi connectivity index (χ3v) is 3.26. The maximum Gasteiger partial charge on any atom is 0.268 e. The second kappa shape index (κ2) is 8.11. The monoisotopic (exact) mass is 396 g/mol. The fourth-order valence-electron chi connectivity index (χ4n) is 1.64. The summed E-state index contributed by atoms with van der Waals surface area (Å²) in [4.78, 5) is 0. The van der Waals surface area contributed by atoms with Gasteiger partial charge in [0.2, 0.25) is 5.89 Å². The molecule has 0 aliphatic carbocycles. The van der Waals surface area contributed by atoms with Gasteiger partial charge in [0.15, 0.2) is 11.5 Å². The van der Waals surface area contributed by atoms with E-state index in [1.807, 2.05) is 6.07 Å². The molecule has 0 N–H and O–H groups in total. The highest BCUT2D eigenvalue weighted by Crippen LogP contribution is 2.37. The van der Waals surface area contributed by atoms with Crippen molar-refractivity contribution in [2.24, 2.45) is 0 Å². The number of aromatic nitrogens is 2. The summed E-state index contributed by atoms with van der Waals surface area (Å²) in [5.41, 5.74) is 0.841. The van der Waals surface area contributed by atoms with Gasteiger partial charge in [-0.05, 0) is 23.8 Å². The van der Waals surface area contributed by atoms with Crippen LogP contribution in [0, 0.1) is 0 Å². The van der Waals surface area contributed by atoms with Crippen LogP contribution in [-0.4, -0.2) is 29.8 Å². The van der Waals surface area contributed by atoms with E-state index >= 15 is 0 Å². The average molecular weight is 398 g/mol. The number of halogens is 4. The molecule has 1 heterocycles. The molecule has 5 nitrogen and oxygen atoms in total. The molecule has 0 unspecified atom stereocenters. The van der Waals surface area contributed by atoms with Gasteiger partial charge in [-0.15, -0.1) is 21.8 Å². The van der Waals surface area contributed by atoms with Crippen molar-refractivity contribution in [1.82, 2.24) is 10.2 Å². The van der Waals surface area contributed by atoms with Gasteiger partial charge in [0.05, 0.1) is 13.0 Å². The van der Waals surface area contributed by atoms with Crippen LogP contribution in [0.2, 0.25) is 0 Å². The molecule has 0 aliphatic heterocycles. The number of rotatable bonds is 6. The summed E-state index contributed by atoms with van der Waals surface area (Å²) in [5, 5.41) is 7.43. The summed E-state index contributed by atoms with van der Waals surface area (Å²) in [6, 6.07) is 5.42. The molecule has 0 atom stereocenters. The third-order valence-electron chi connectivity index (χ3n) is 2.62. The molecule has 9 heteroatoms. The Morgan fingerprint density at radius 1 is 1.17 bits per heavy atom. The second-order valence-corrected chi connectivity index (χ2v) is 6.88. The van der Waals surface area contributed by atoms with Crippen LogP contribution in [0.15, 0.2) is 22.6 Å². The van der Waals surface area contributed by atoms with Crippen molar-refractivity contribution in [3.63, 3.8) is 0 Å². The number of ether oxygens (including phenoxy) is 2. The van der Waals surface area contributed by atoms with Crippen LogP contribution < -0.4 is 9.47 Å². The van der Waals surface area contributed by atoms with Crippen LogP contribution in [0.4, 0.5) is 0 Å². The Hall–Kier alpha value is -1.14. The zero-order valence-corrected chi connectivity index (χ0v) is 15.0. The van der Waals surface area contributed by atoms with Gasteiger partial charge in [-0.2, -0.15) is 0 Å². The van der Waals surface area contributed by atoms with Crippen LogP contribution in [0.25, 0.3) is 12.2 Å². The van der Waals surface area contributed by atoms with E-state index < -0.39 is 3.79 Å². The summed E-state index contributed by atoms with van der Waals surface area (Å²) in [7, 11) is 1.56. The highest BCUT2D eigenvalue weighted by molar-refractivity contribution is 6.66. The minimum atomic E-state index is -1.75. The standard InChI is InChI=1S/C14H12Cl4N2O3/c1-21-11-8-9(2-4-10(11)22-7-6-15)3-5-12-19-20-13(23-12)14(16,17)18/h2-5,8H,6-7H2,1H3. The average Bonchev–Trinajstić information content (AvgIpc) is 3.00. The summed E-state index contributed by atoms with van der Waals surface area (Å²) < 4.78 is 14.2. The Balaban J connectivity index is 2.14. The first-order chi connectivity index (χ1) is 10.9. The zero-order valence-electron chi connectivity index (χ0n) is 11.9. The van der Waals surface area contributed by atoms with Gasteiger partial charge in [0.25, 0.3) is 9.68 Å². The van der Waals surface area contributed by atoms with Gasteiger partial charge in [0, 0.05) is 6.08 Å². The van der Waals surface area contributed by atoms with Crippen molar-refractivity contribution in [2.75, 3.05) is 19.6 Å². The molecule has 124 valence electrons. The molecule has 1 aromatic carbocycles. The molecule has 2 aromatic rings. The summed E-state index contributed by atoms with van der Waals surface area (Å²) in [6.07, 6.45) is 3.35. The van der Waals surface area contributed by atoms with Gasteiger partial charge in [-0.1, -0.05) is 40.9 Å². The third kappa shape index (κ3) is 5.18. The Bertz CT molecular complexity index is 683. The Labute approximate surface area is 153 Å². The van der Waals surface area contributed by atoms with Crippen molar-refractivity contribution in [2.45, 2.75) is 3.79 Å². The molecule has 0 radical (unpaired) electrons. The largest absolute Gasteiger partial charge is 0.493 e. The Kier molecular flexibility index (Phi) is 6.41. The number of methoxy groups -OCH3 is 1. The fraction of sp³-hybridized carbons (Fsp3) is 0.286. The molecule has 0 amide bonds. The first-order valence-electron chi connectivity index (χ1n) is 6.39. The molecule has 0 bridgehead atoms. The van der Waals surface area contributed by atoms with Crippen LogP contribution in [0.3, 0.4) is 0 Å². The van der Waals surface area contributed by atoms with Gasteiger partial charge in [0.1, 0.15) is 6.61 Å².